The third kappa shape index (κ3) is 4.31. The summed E-state index contributed by atoms with van der Waals surface area (Å²) in [6.45, 7) is 5.25. The lowest BCUT2D eigenvalue weighted by Crippen LogP contribution is -2.40. The molecule has 2 aromatic rings. The summed E-state index contributed by atoms with van der Waals surface area (Å²) in [6, 6.07) is 12.6. The highest BCUT2D eigenvalue weighted by atomic mass is 16.6. The molecular formula is C21H22N2O5. The van der Waals surface area contributed by atoms with Gasteiger partial charge in [0.05, 0.1) is 12.1 Å². The lowest BCUT2D eigenvalue weighted by atomic mass is 10.1. The van der Waals surface area contributed by atoms with Crippen LogP contribution in [0.25, 0.3) is 0 Å². The molecule has 2 aromatic carbocycles. The van der Waals surface area contributed by atoms with E-state index in [1.54, 1.807) is 24.3 Å². The van der Waals surface area contributed by atoms with Crippen LogP contribution in [-0.2, 0) is 19.1 Å². The first kappa shape index (κ1) is 19.4. The summed E-state index contributed by atoms with van der Waals surface area (Å²) >= 11 is 0. The van der Waals surface area contributed by atoms with Crippen LogP contribution in [0.4, 0.5) is 11.4 Å². The molecule has 0 unspecified atom stereocenters. The van der Waals surface area contributed by atoms with Crippen molar-refractivity contribution in [1.82, 2.24) is 0 Å². The molecule has 1 aliphatic rings. The van der Waals surface area contributed by atoms with Crippen LogP contribution in [0.2, 0.25) is 0 Å². The van der Waals surface area contributed by atoms with Gasteiger partial charge in [-0.15, -0.1) is 0 Å². The molecule has 28 heavy (non-hydrogen) atoms. The van der Waals surface area contributed by atoms with Crippen LogP contribution in [0.1, 0.15) is 24.5 Å². The average Bonchev–Trinajstić information content (AvgIpc) is 2.65. The Bertz CT molecular complexity index is 905. The lowest BCUT2D eigenvalue weighted by Gasteiger charge is -2.25. The van der Waals surface area contributed by atoms with E-state index < -0.39 is 30.0 Å². The summed E-state index contributed by atoms with van der Waals surface area (Å²) in [5.74, 6) is -1.07. The van der Waals surface area contributed by atoms with E-state index in [1.807, 2.05) is 32.0 Å². The topological polar surface area (TPSA) is 93.7 Å². The fourth-order valence-electron chi connectivity index (χ4n) is 2.91. The summed E-state index contributed by atoms with van der Waals surface area (Å²) in [7, 11) is 0. The average molecular weight is 382 g/mol. The second kappa shape index (κ2) is 8.12. The molecule has 0 bridgehead atoms. The molecule has 0 fully saturated rings. The predicted molar refractivity (Wildman–Crippen MR) is 104 cm³/mol. The zero-order valence-electron chi connectivity index (χ0n) is 15.9. The van der Waals surface area contributed by atoms with Gasteiger partial charge < -0.3 is 20.1 Å². The molecule has 7 nitrogen and oxygen atoms in total. The van der Waals surface area contributed by atoms with E-state index in [2.05, 4.69) is 10.6 Å². The van der Waals surface area contributed by atoms with Crippen molar-refractivity contribution in [3.63, 3.8) is 0 Å². The van der Waals surface area contributed by atoms with Crippen molar-refractivity contribution in [2.75, 3.05) is 10.6 Å². The van der Waals surface area contributed by atoms with Crippen LogP contribution in [0.15, 0.2) is 42.5 Å². The van der Waals surface area contributed by atoms with Crippen molar-refractivity contribution in [2.24, 2.45) is 0 Å². The fourth-order valence-corrected chi connectivity index (χ4v) is 2.91. The van der Waals surface area contributed by atoms with E-state index in [0.29, 0.717) is 17.1 Å². The largest absolute Gasteiger partial charge is 0.478 e. The second-order valence-electron chi connectivity index (χ2n) is 6.68. The Morgan fingerprint density at radius 3 is 2.54 bits per heavy atom. The summed E-state index contributed by atoms with van der Waals surface area (Å²) in [5.41, 5.74) is 3.08. The van der Waals surface area contributed by atoms with Gasteiger partial charge in [0.25, 0.3) is 11.8 Å². The first-order valence-electron chi connectivity index (χ1n) is 8.98. The highest BCUT2D eigenvalue weighted by Gasteiger charge is 2.31. The molecule has 0 radical (unpaired) electrons. The van der Waals surface area contributed by atoms with Crippen molar-refractivity contribution in [3.05, 3.63) is 53.6 Å². The molecule has 0 saturated carbocycles. The Morgan fingerprint density at radius 1 is 1.14 bits per heavy atom. The van der Waals surface area contributed by atoms with Gasteiger partial charge >= 0.3 is 5.97 Å². The molecule has 2 N–H and O–H groups in total. The standard InChI is InChI=1S/C21H22N2O5/c1-12-7-6-8-13(2)19(12)23-20(25)14(3)27-18(24)11-17-21(26)22-15-9-4-5-10-16(15)28-17/h4-10,14,17H,11H2,1-3H3,(H,22,26)(H,23,25)/t14-,17-/m0/s1. The van der Waals surface area contributed by atoms with Crippen LogP contribution in [-0.4, -0.2) is 30.0 Å². The number of ether oxygens (including phenoxy) is 2. The number of fused-ring (bicyclic) bond motifs is 1. The van der Waals surface area contributed by atoms with Gasteiger partial charge in [0, 0.05) is 5.69 Å². The number of amides is 2. The van der Waals surface area contributed by atoms with E-state index in [9.17, 15) is 14.4 Å². The van der Waals surface area contributed by atoms with Gasteiger partial charge in [0.1, 0.15) is 5.75 Å². The van der Waals surface area contributed by atoms with Crippen LogP contribution in [0, 0.1) is 13.8 Å². The number of nitrogens with one attached hydrogen (secondary N) is 2. The Morgan fingerprint density at radius 2 is 1.82 bits per heavy atom. The normalized spacial score (nSPS) is 16.2. The first-order chi connectivity index (χ1) is 13.3. The van der Waals surface area contributed by atoms with Gasteiger partial charge in [-0.2, -0.15) is 0 Å². The number of aryl methyl sites for hydroxylation is 2. The zero-order valence-corrected chi connectivity index (χ0v) is 15.9. The first-order valence-corrected chi connectivity index (χ1v) is 8.98. The molecular weight excluding hydrogens is 360 g/mol. The molecule has 0 aromatic heterocycles. The smallest absolute Gasteiger partial charge is 0.310 e. The summed E-state index contributed by atoms with van der Waals surface area (Å²) in [5, 5.41) is 5.47. The minimum Gasteiger partial charge on any atom is -0.478 e. The number of rotatable bonds is 5. The van der Waals surface area contributed by atoms with Crippen molar-refractivity contribution < 1.29 is 23.9 Å². The van der Waals surface area contributed by atoms with Crippen molar-refractivity contribution in [1.29, 1.82) is 0 Å². The summed E-state index contributed by atoms with van der Waals surface area (Å²) in [6.07, 6.45) is -2.30. The second-order valence-corrected chi connectivity index (χ2v) is 6.68. The highest BCUT2D eigenvalue weighted by molar-refractivity contribution is 6.00. The third-order valence-corrected chi connectivity index (χ3v) is 4.47. The number of hydrogen-bond acceptors (Lipinski definition) is 5. The van der Waals surface area contributed by atoms with Crippen molar-refractivity contribution in [2.45, 2.75) is 39.4 Å². The zero-order chi connectivity index (χ0) is 20.3. The van der Waals surface area contributed by atoms with E-state index in [4.69, 9.17) is 9.47 Å². The molecule has 3 rings (SSSR count). The fraction of sp³-hybridized carbons (Fsp3) is 0.286. The maximum atomic E-state index is 12.4. The Labute approximate surface area is 163 Å². The van der Waals surface area contributed by atoms with Gasteiger partial charge in [0.15, 0.2) is 12.2 Å². The number of para-hydroxylation sites is 3. The van der Waals surface area contributed by atoms with Crippen molar-refractivity contribution >= 4 is 29.2 Å². The maximum absolute atomic E-state index is 12.4. The van der Waals surface area contributed by atoms with Gasteiger partial charge in [-0.3, -0.25) is 14.4 Å². The third-order valence-electron chi connectivity index (χ3n) is 4.47. The van der Waals surface area contributed by atoms with Gasteiger partial charge in [0.2, 0.25) is 0 Å². The van der Waals surface area contributed by atoms with E-state index in [0.717, 1.165) is 11.1 Å². The monoisotopic (exact) mass is 382 g/mol. The molecule has 7 heteroatoms. The number of carbonyl (C=O) groups is 3. The number of carbonyl (C=O) groups excluding carboxylic acids is 3. The maximum Gasteiger partial charge on any atom is 0.310 e. The summed E-state index contributed by atoms with van der Waals surface area (Å²) < 4.78 is 10.8. The van der Waals surface area contributed by atoms with Crippen LogP contribution in [0.3, 0.4) is 0 Å². The highest BCUT2D eigenvalue weighted by Crippen LogP contribution is 2.29. The molecule has 1 aliphatic heterocycles. The lowest BCUT2D eigenvalue weighted by molar-refractivity contribution is -0.155. The van der Waals surface area contributed by atoms with Gasteiger partial charge in [-0.1, -0.05) is 30.3 Å². The van der Waals surface area contributed by atoms with Gasteiger partial charge in [-0.05, 0) is 44.0 Å². The number of anilines is 2. The Kier molecular flexibility index (Phi) is 5.63. The number of esters is 1. The van der Waals surface area contributed by atoms with Crippen molar-refractivity contribution in [3.8, 4) is 5.75 Å². The predicted octanol–water partition coefficient (Wildman–Crippen LogP) is 2.96. The molecule has 2 amide bonds. The molecule has 1 heterocycles. The van der Waals surface area contributed by atoms with E-state index >= 15 is 0 Å². The van der Waals surface area contributed by atoms with Gasteiger partial charge in [-0.25, -0.2) is 0 Å². The molecule has 2 atom stereocenters. The minimum atomic E-state index is -1.01. The number of benzene rings is 2. The Hall–Kier alpha value is -3.35. The minimum absolute atomic E-state index is 0.290. The van der Waals surface area contributed by atoms with E-state index in [1.165, 1.54) is 6.92 Å². The van der Waals surface area contributed by atoms with Crippen LogP contribution >= 0.6 is 0 Å². The number of hydrogen-bond donors (Lipinski definition) is 2. The molecule has 0 saturated heterocycles. The molecule has 0 aliphatic carbocycles. The summed E-state index contributed by atoms with van der Waals surface area (Å²) in [4.78, 5) is 36.7. The Balaban J connectivity index is 1.57. The molecule has 0 spiro atoms. The SMILES string of the molecule is Cc1cccc(C)c1NC(=O)[C@H](C)OC(=O)C[C@@H]1Oc2ccccc2NC1=O. The molecule has 146 valence electrons. The van der Waals surface area contributed by atoms with Crippen LogP contribution < -0.4 is 15.4 Å². The van der Waals surface area contributed by atoms with Crippen LogP contribution in [0.5, 0.6) is 5.75 Å². The van der Waals surface area contributed by atoms with E-state index in [-0.39, 0.29) is 6.42 Å². The quantitative estimate of drug-likeness (QED) is 0.776.